The average Bonchev–Trinajstić information content (AvgIpc) is 3.46. The molecule has 0 radical (unpaired) electrons. The van der Waals surface area contributed by atoms with Crippen LogP contribution in [0.25, 0.3) is 6.08 Å². The lowest BCUT2D eigenvalue weighted by Gasteiger charge is -2.61. The molecule has 2 heterocycles. The second kappa shape index (κ2) is 10.4. The predicted molar refractivity (Wildman–Crippen MR) is 138 cm³/mol. The zero-order chi connectivity index (χ0) is 27.1. The summed E-state index contributed by atoms with van der Waals surface area (Å²) in [5, 5.41) is 0.811. The van der Waals surface area contributed by atoms with E-state index in [-0.39, 0.29) is 23.3 Å². The molecule has 6 nitrogen and oxygen atoms in total. The molecule has 2 unspecified atom stereocenters. The van der Waals surface area contributed by atoms with E-state index >= 15 is 0 Å². The number of rotatable bonds is 9. The van der Waals surface area contributed by atoms with Crippen LogP contribution in [0.15, 0.2) is 42.1 Å². The van der Waals surface area contributed by atoms with E-state index in [1.807, 2.05) is 37.3 Å². The van der Waals surface area contributed by atoms with Crippen molar-refractivity contribution < 1.29 is 27.5 Å². The van der Waals surface area contributed by atoms with Gasteiger partial charge in [0.05, 0.1) is 19.3 Å². The molecule has 1 amide bonds. The maximum Gasteiger partial charge on any atom is 0.471 e. The number of nitrogens with zero attached hydrogens (tertiary/aromatic N) is 3. The number of carbonyl (C=O) groups excluding carboxylic acids is 2. The van der Waals surface area contributed by atoms with Crippen LogP contribution in [-0.4, -0.2) is 64.6 Å². The minimum atomic E-state index is -4.88. The number of alkyl halides is 3. The van der Waals surface area contributed by atoms with Crippen LogP contribution in [0.4, 0.5) is 13.2 Å². The van der Waals surface area contributed by atoms with E-state index in [0.29, 0.717) is 37.3 Å². The van der Waals surface area contributed by atoms with Crippen molar-refractivity contribution in [1.29, 1.82) is 0 Å². The number of hydrogen-bond acceptors (Lipinski definition) is 6. The molecule has 1 saturated heterocycles. The fourth-order valence-corrected chi connectivity index (χ4v) is 6.99. The zero-order valence-corrected chi connectivity index (χ0v) is 22.4. The number of carbonyl (C=O) groups is 2. The van der Waals surface area contributed by atoms with Gasteiger partial charge in [-0.25, -0.2) is 9.78 Å². The highest BCUT2D eigenvalue weighted by Crippen LogP contribution is 2.55. The van der Waals surface area contributed by atoms with Crippen LogP contribution in [0.2, 0.25) is 0 Å². The smallest absolute Gasteiger partial charge is 0.462 e. The lowest BCUT2D eigenvalue weighted by Crippen LogP contribution is -2.67. The Morgan fingerprint density at radius 2 is 1.92 bits per heavy atom. The van der Waals surface area contributed by atoms with Gasteiger partial charge in [-0.3, -0.25) is 9.69 Å². The Labute approximate surface area is 224 Å². The highest BCUT2D eigenvalue weighted by Gasteiger charge is 2.61. The molecule has 1 aliphatic heterocycles. The van der Waals surface area contributed by atoms with Crippen LogP contribution in [-0.2, 0) is 16.1 Å². The first kappa shape index (κ1) is 26.9. The number of aromatic nitrogens is 1. The lowest BCUT2D eigenvalue weighted by atomic mass is 9.60. The Morgan fingerprint density at radius 3 is 2.55 bits per heavy atom. The van der Waals surface area contributed by atoms with Crippen molar-refractivity contribution in [1.82, 2.24) is 14.8 Å². The molecule has 10 heteroatoms. The van der Waals surface area contributed by atoms with Crippen molar-refractivity contribution in [3.05, 3.63) is 57.6 Å². The van der Waals surface area contributed by atoms with Gasteiger partial charge in [0.2, 0.25) is 0 Å². The van der Waals surface area contributed by atoms with E-state index < -0.39 is 18.1 Å². The van der Waals surface area contributed by atoms with E-state index in [1.54, 1.807) is 6.92 Å². The SMILES string of the molecule is CCOC(=O)c1cnc(CN2CC3(CC(N(C(=O)C(F)(F)F)C4CC4/C(=C/c4ccccc4)CC)C3)C2)s1. The van der Waals surface area contributed by atoms with Crippen molar-refractivity contribution in [2.45, 2.75) is 64.3 Å². The van der Waals surface area contributed by atoms with Crippen molar-refractivity contribution in [3.63, 3.8) is 0 Å². The van der Waals surface area contributed by atoms with Gasteiger partial charge in [0.1, 0.15) is 9.88 Å². The molecule has 3 aliphatic rings. The van der Waals surface area contributed by atoms with Gasteiger partial charge in [-0.05, 0) is 43.6 Å². The van der Waals surface area contributed by atoms with Crippen LogP contribution >= 0.6 is 11.3 Å². The number of thiazole rings is 1. The number of halogens is 3. The number of likely N-dealkylation sites (tertiary alicyclic amines) is 1. The third kappa shape index (κ3) is 5.52. The van der Waals surface area contributed by atoms with Crippen molar-refractivity contribution >= 4 is 29.3 Å². The van der Waals surface area contributed by atoms with Gasteiger partial charge in [-0.1, -0.05) is 48.9 Å². The normalized spacial score (nSPS) is 23.0. The van der Waals surface area contributed by atoms with Gasteiger partial charge in [0.25, 0.3) is 0 Å². The number of ether oxygens (including phenoxy) is 1. The Balaban J connectivity index is 1.20. The average molecular weight is 548 g/mol. The Hall–Kier alpha value is -2.72. The third-order valence-corrected chi connectivity index (χ3v) is 8.83. The highest BCUT2D eigenvalue weighted by molar-refractivity contribution is 7.13. The fourth-order valence-electron chi connectivity index (χ4n) is 6.14. The molecule has 2 saturated carbocycles. The molecule has 1 aromatic heterocycles. The zero-order valence-electron chi connectivity index (χ0n) is 21.5. The first-order chi connectivity index (χ1) is 18.1. The molecule has 2 aromatic rings. The maximum absolute atomic E-state index is 13.6. The van der Waals surface area contributed by atoms with E-state index in [9.17, 15) is 22.8 Å². The summed E-state index contributed by atoms with van der Waals surface area (Å²) in [6.45, 7) is 6.18. The van der Waals surface area contributed by atoms with Crippen LogP contribution in [0.3, 0.4) is 0 Å². The summed E-state index contributed by atoms with van der Waals surface area (Å²) in [7, 11) is 0. The molecule has 1 spiro atoms. The Bertz CT molecular complexity index is 1200. The van der Waals surface area contributed by atoms with Crippen LogP contribution in [0.5, 0.6) is 0 Å². The second-order valence-electron chi connectivity index (χ2n) is 10.6. The minimum absolute atomic E-state index is 0.0283. The largest absolute Gasteiger partial charge is 0.471 e. The Kier molecular flexibility index (Phi) is 7.39. The third-order valence-electron chi connectivity index (χ3n) is 7.86. The van der Waals surface area contributed by atoms with Crippen molar-refractivity contribution in [2.24, 2.45) is 11.3 Å². The summed E-state index contributed by atoms with van der Waals surface area (Å²) >= 11 is 1.30. The van der Waals surface area contributed by atoms with E-state index in [0.717, 1.165) is 35.7 Å². The van der Waals surface area contributed by atoms with Crippen LogP contribution in [0, 0.1) is 11.3 Å². The molecular formula is C28H32F3N3O3S. The highest BCUT2D eigenvalue weighted by atomic mass is 32.1. The standard InChI is InChI=1S/C28H32F3N3O3S/c1-3-19(10-18-8-6-5-7-9-18)21-11-22(21)34(26(36)28(29,30)31)20-12-27(13-20)16-33(17-27)15-24-32-14-23(38-24)25(35)37-4-2/h5-10,14,20-22H,3-4,11-13,15-17H2,1-2H3/b19-10+. The van der Waals surface area contributed by atoms with Crippen LogP contribution in [0.1, 0.15) is 59.8 Å². The van der Waals surface area contributed by atoms with E-state index in [2.05, 4.69) is 16.0 Å². The molecule has 2 atom stereocenters. The summed E-state index contributed by atoms with van der Waals surface area (Å²) in [6, 6.07) is 8.98. The monoisotopic (exact) mass is 547 g/mol. The van der Waals surface area contributed by atoms with Crippen LogP contribution < -0.4 is 0 Å². The quantitative estimate of drug-likeness (QED) is 0.385. The number of hydrogen-bond donors (Lipinski definition) is 0. The summed E-state index contributed by atoms with van der Waals surface area (Å²) < 4.78 is 45.8. The molecule has 204 valence electrons. The maximum atomic E-state index is 13.6. The molecule has 5 rings (SSSR count). The van der Waals surface area contributed by atoms with E-state index in [1.165, 1.54) is 22.4 Å². The summed E-state index contributed by atoms with van der Waals surface area (Å²) in [4.78, 5) is 32.6. The van der Waals surface area contributed by atoms with Crippen molar-refractivity contribution in [2.75, 3.05) is 19.7 Å². The summed E-state index contributed by atoms with van der Waals surface area (Å²) in [5.41, 5.74) is 2.07. The molecule has 1 aromatic carbocycles. The topological polar surface area (TPSA) is 62.7 Å². The number of amides is 1. The first-order valence-electron chi connectivity index (χ1n) is 13.1. The van der Waals surface area contributed by atoms with Gasteiger partial charge < -0.3 is 9.64 Å². The molecule has 0 N–H and O–H groups in total. The van der Waals surface area contributed by atoms with Gasteiger partial charge in [0, 0.05) is 31.1 Å². The van der Waals surface area contributed by atoms with E-state index in [4.69, 9.17) is 4.74 Å². The molecule has 2 aliphatic carbocycles. The molecular weight excluding hydrogens is 515 g/mol. The first-order valence-corrected chi connectivity index (χ1v) is 13.9. The molecule has 0 bridgehead atoms. The number of benzene rings is 1. The summed E-state index contributed by atoms with van der Waals surface area (Å²) in [6.07, 6.45) is 1.20. The molecule has 3 fully saturated rings. The summed E-state index contributed by atoms with van der Waals surface area (Å²) in [5.74, 6) is -2.11. The van der Waals surface area contributed by atoms with Gasteiger partial charge in [-0.2, -0.15) is 13.2 Å². The number of esters is 1. The van der Waals surface area contributed by atoms with Gasteiger partial charge in [-0.15, -0.1) is 11.3 Å². The lowest BCUT2D eigenvalue weighted by molar-refractivity contribution is -0.197. The minimum Gasteiger partial charge on any atom is -0.462 e. The van der Waals surface area contributed by atoms with Gasteiger partial charge >= 0.3 is 18.1 Å². The predicted octanol–water partition coefficient (Wildman–Crippen LogP) is 5.56. The molecule has 38 heavy (non-hydrogen) atoms. The van der Waals surface area contributed by atoms with Gasteiger partial charge in [0.15, 0.2) is 0 Å². The van der Waals surface area contributed by atoms with Crippen molar-refractivity contribution in [3.8, 4) is 0 Å². The second-order valence-corrected chi connectivity index (χ2v) is 11.8. The Morgan fingerprint density at radius 1 is 1.21 bits per heavy atom. The fraction of sp³-hybridized carbons (Fsp3) is 0.536.